The van der Waals surface area contributed by atoms with Gasteiger partial charge in [0.25, 0.3) is 0 Å². The van der Waals surface area contributed by atoms with Crippen molar-refractivity contribution in [3.8, 4) is 5.88 Å². The van der Waals surface area contributed by atoms with E-state index >= 15 is 0 Å². The maximum Gasteiger partial charge on any atom is 0.221 e. The van der Waals surface area contributed by atoms with Gasteiger partial charge in [0.05, 0.1) is 18.8 Å². The predicted molar refractivity (Wildman–Crippen MR) is 60.9 cm³/mol. The van der Waals surface area contributed by atoms with E-state index in [0.717, 1.165) is 38.0 Å². The quantitative estimate of drug-likeness (QED) is 0.763. The molecule has 0 aromatic carbocycles. The summed E-state index contributed by atoms with van der Waals surface area (Å²) in [6.45, 7) is 3.53. The minimum Gasteiger partial charge on any atom is -0.474 e. The molecule has 1 saturated heterocycles. The third-order valence-electron chi connectivity index (χ3n) is 2.65. The van der Waals surface area contributed by atoms with Gasteiger partial charge in [-0.25, -0.2) is 9.97 Å². The van der Waals surface area contributed by atoms with Gasteiger partial charge >= 0.3 is 0 Å². The molecule has 2 rings (SSSR count). The highest BCUT2D eigenvalue weighted by Gasteiger charge is 2.18. The zero-order valence-corrected chi connectivity index (χ0v) is 10.0. The number of aromatic nitrogens is 2. The van der Waals surface area contributed by atoms with Gasteiger partial charge in [-0.15, -0.1) is 0 Å². The van der Waals surface area contributed by atoms with Crippen molar-refractivity contribution >= 4 is 11.6 Å². The third kappa shape index (κ3) is 2.62. The second kappa shape index (κ2) is 5.46. The SMILES string of the molecule is CCc1c(Cl)ncnc1OC1CCOCC1. The Labute approximate surface area is 99.9 Å². The maximum atomic E-state index is 5.99. The monoisotopic (exact) mass is 242 g/mol. The van der Waals surface area contributed by atoms with Crippen molar-refractivity contribution in [3.05, 3.63) is 17.0 Å². The molecule has 1 aliphatic rings. The molecule has 5 heteroatoms. The molecule has 0 N–H and O–H groups in total. The highest BCUT2D eigenvalue weighted by molar-refractivity contribution is 6.30. The second-order valence-electron chi connectivity index (χ2n) is 3.73. The summed E-state index contributed by atoms with van der Waals surface area (Å²) in [6, 6.07) is 0. The molecule has 2 heterocycles. The van der Waals surface area contributed by atoms with Crippen LogP contribution in [0.3, 0.4) is 0 Å². The summed E-state index contributed by atoms with van der Waals surface area (Å²) in [4.78, 5) is 8.10. The summed E-state index contributed by atoms with van der Waals surface area (Å²) in [6.07, 6.45) is 4.22. The maximum absolute atomic E-state index is 5.99. The van der Waals surface area contributed by atoms with Gasteiger partial charge in [0.15, 0.2) is 0 Å². The average molecular weight is 243 g/mol. The van der Waals surface area contributed by atoms with Crippen LogP contribution in [0.15, 0.2) is 6.33 Å². The molecule has 0 bridgehead atoms. The summed E-state index contributed by atoms with van der Waals surface area (Å²) in [7, 11) is 0. The lowest BCUT2D eigenvalue weighted by molar-refractivity contribution is 0.0233. The molecule has 0 saturated carbocycles. The van der Waals surface area contributed by atoms with E-state index in [0.29, 0.717) is 11.0 Å². The lowest BCUT2D eigenvalue weighted by Crippen LogP contribution is -2.26. The molecule has 1 aromatic rings. The molecule has 16 heavy (non-hydrogen) atoms. The van der Waals surface area contributed by atoms with Gasteiger partial charge in [-0.05, 0) is 6.42 Å². The van der Waals surface area contributed by atoms with Crippen LogP contribution < -0.4 is 4.74 Å². The molecule has 1 aliphatic heterocycles. The molecule has 0 unspecified atom stereocenters. The molecular weight excluding hydrogens is 228 g/mol. The summed E-state index contributed by atoms with van der Waals surface area (Å²) >= 11 is 5.99. The fourth-order valence-electron chi connectivity index (χ4n) is 1.73. The Hall–Kier alpha value is -0.870. The van der Waals surface area contributed by atoms with E-state index in [1.54, 1.807) is 0 Å². The number of ether oxygens (including phenoxy) is 2. The Kier molecular flexibility index (Phi) is 3.96. The molecule has 0 amide bonds. The van der Waals surface area contributed by atoms with E-state index in [9.17, 15) is 0 Å². The average Bonchev–Trinajstić information content (AvgIpc) is 2.31. The van der Waals surface area contributed by atoms with Crippen molar-refractivity contribution in [2.75, 3.05) is 13.2 Å². The van der Waals surface area contributed by atoms with Gasteiger partial charge in [-0.3, -0.25) is 0 Å². The van der Waals surface area contributed by atoms with Crippen LogP contribution >= 0.6 is 11.6 Å². The molecule has 0 spiro atoms. The summed E-state index contributed by atoms with van der Waals surface area (Å²) < 4.78 is 11.1. The van der Waals surface area contributed by atoms with E-state index in [2.05, 4.69) is 9.97 Å². The zero-order chi connectivity index (χ0) is 11.4. The smallest absolute Gasteiger partial charge is 0.221 e. The van der Waals surface area contributed by atoms with Gasteiger partial charge in [0, 0.05) is 12.8 Å². The Morgan fingerprint density at radius 2 is 2.19 bits per heavy atom. The fraction of sp³-hybridized carbons (Fsp3) is 0.636. The van der Waals surface area contributed by atoms with Crippen molar-refractivity contribution in [1.82, 2.24) is 9.97 Å². The summed E-state index contributed by atoms with van der Waals surface area (Å²) in [5.41, 5.74) is 0.885. The molecule has 1 aromatic heterocycles. The Morgan fingerprint density at radius 3 is 2.88 bits per heavy atom. The van der Waals surface area contributed by atoms with Crippen LogP contribution in [-0.2, 0) is 11.2 Å². The van der Waals surface area contributed by atoms with Gasteiger partial charge in [0.1, 0.15) is 17.6 Å². The predicted octanol–water partition coefficient (Wildman–Crippen LogP) is 2.25. The van der Waals surface area contributed by atoms with Gasteiger partial charge in [-0.2, -0.15) is 0 Å². The Morgan fingerprint density at radius 1 is 1.44 bits per heavy atom. The number of rotatable bonds is 3. The highest BCUT2D eigenvalue weighted by Crippen LogP contribution is 2.24. The third-order valence-corrected chi connectivity index (χ3v) is 2.98. The Balaban J connectivity index is 2.10. The van der Waals surface area contributed by atoms with Gasteiger partial charge in [-0.1, -0.05) is 18.5 Å². The summed E-state index contributed by atoms with van der Waals surface area (Å²) in [5, 5.41) is 0.486. The first-order valence-corrected chi connectivity index (χ1v) is 5.92. The van der Waals surface area contributed by atoms with Crippen molar-refractivity contribution in [3.63, 3.8) is 0 Å². The lowest BCUT2D eigenvalue weighted by atomic mass is 10.1. The Bertz CT molecular complexity index is 354. The van der Waals surface area contributed by atoms with Crippen LogP contribution in [-0.4, -0.2) is 29.3 Å². The second-order valence-corrected chi connectivity index (χ2v) is 4.09. The van der Waals surface area contributed by atoms with Crippen molar-refractivity contribution < 1.29 is 9.47 Å². The molecule has 0 radical (unpaired) electrons. The normalized spacial score (nSPS) is 17.4. The van der Waals surface area contributed by atoms with E-state index < -0.39 is 0 Å². The largest absolute Gasteiger partial charge is 0.474 e. The van der Waals surface area contributed by atoms with Crippen molar-refractivity contribution in [2.24, 2.45) is 0 Å². The first kappa shape index (κ1) is 11.6. The van der Waals surface area contributed by atoms with Crippen molar-refractivity contribution in [1.29, 1.82) is 0 Å². The molecule has 0 atom stereocenters. The van der Waals surface area contributed by atoms with Crippen LogP contribution in [0.2, 0.25) is 5.15 Å². The number of hydrogen-bond acceptors (Lipinski definition) is 4. The molecule has 4 nitrogen and oxygen atoms in total. The van der Waals surface area contributed by atoms with Crippen LogP contribution in [0.25, 0.3) is 0 Å². The molecular formula is C11H15ClN2O2. The fourth-order valence-corrected chi connectivity index (χ4v) is 1.98. The first-order chi connectivity index (χ1) is 7.81. The van der Waals surface area contributed by atoms with Crippen LogP contribution in [0, 0.1) is 0 Å². The number of nitrogens with zero attached hydrogens (tertiary/aromatic N) is 2. The van der Waals surface area contributed by atoms with Crippen molar-refractivity contribution in [2.45, 2.75) is 32.3 Å². The molecule has 1 fully saturated rings. The first-order valence-electron chi connectivity index (χ1n) is 5.55. The lowest BCUT2D eigenvalue weighted by Gasteiger charge is -2.23. The number of halogens is 1. The molecule has 88 valence electrons. The summed E-state index contributed by atoms with van der Waals surface area (Å²) in [5.74, 6) is 0.620. The topological polar surface area (TPSA) is 44.2 Å². The van der Waals surface area contributed by atoms with E-state index in [-0.39, 0.29) is 6.10 Å². The minimum atomic E-state index is 0.185. The number of hydrogen-bond donors (Lipinski definition) is 0. The highest BCUT2D eigenvalue weighted by atomic mass is 35.5. The van der Waals surface area contributed by atoms with Gasteiger partial charge in [0.2, 0.25) is 5.88 Å². The van der Waals surface area contributed by atoms with Crippen LogP contribution in [0.5, 0.6) is 5.88 Å². The minimum absolute atomic E-state index is 0.185. The molecule has 0 aliphatic carbocycles. The van der Waals surface area contributed by atoms with E-state index in [4.69, 9.17) is 21.1 Å². The zero-order valence-electron chi connectivity index (χ0n) is 9.28. The van der Waals surface area contributed by atoms with Crippen LogP contribution in [0.4, 0.5) is 0 Å². The standard InChI is InChI=1S/C11H15ClN2O2/c1-2-9-10(12)13-7-14-11(9)16-8-3-5-15-6-4-8/h7-8H,2-6H2,1H3. The van der Waals surface area contributed by atoms with Gasteiger partial charge < -0.3 is 9.47 Å². The van der Waals surface area contributed by atoms with E-state index in [1.165, 1.54) is 6.33 Å². The van der Waals surface area contributed by atoms with Crippen LogP contribution in [0.1, 0.15) is 25.3 Å². The van der Waals surface area contributed by atoms with E-state index in [1.807, 2.05) is 6.92 Å².